The van der Waals surface area contributed by atoms with Crippen molar-refractivity contribution in [3.05, 3.63) is 48.6 Å². The van der Waals surface area contributed by atoms with Gasteiger partial charge in [0.1, 0.15) is 37.0 Å². The lowest BCUT2D eigenvalue weighted by Crippen LogP contribution is -2.60. The van der Waals surface area contributed by atoms with Gasteiger partial charge in [-0.15, -0.1) is 13.2 Å². The van der Waals surface area contributed by atoms with E-state index in [1.165, 1.54) is 4.90 Å². The number of nitrogens with zero attached hydrogens (tertiary/aromatic N) is 2. The highest BCUT2D eigenvalue weighted by Gasteiger charge is 2.64. The number of rotatable bonds is 13. The van der Waals surface area contributed by atoms with Gasteiger partial charge >= 0.3 is 12.2 Å². The number of benzene rings is 1. The van der Waals surface area contributed by atoms with Gasteiger partial charge in [-0.3, -0.25) is 14.5 Å². The maximum absolute atomic E-state index is 14.4. The van der Waals surface area contributed by atoms with E-state index in [2.05, 4.69) is 23.8 Å². The van der Waals surface area contributed by atoms with Crippen molar-refractivity contribution in [2.45, 2.75) is 128 Å². The van der Waals surface area contributed by atoms with Crippen LogP contribution in [0.5, 0.6) is 11.5 Å². The minimum atomic E-state index is -0.994. The number of likely N-dealkylation sites (tertiary alicyclic amines) is 1. The van der Waals surface area contributed by atoms with Gasteiger partial charge in [-0.05, 0) is 76.6 Å². The number of fused-ring (bicyclic) bond motifs is 2. The molecule has 14 nitrogen and oxygen atoms in total. The van der Waals surface area contributed by atoms with E-state index >= 15 is 0 Å². The van der Waals surface area contributed by atoms with Gasteiger partial charge in [0.15, 0.2) is 24.1 Å². The van der Waals surface area contributed by atoms with Crippen molar-refractivity contribution in [3.63, 3.8) is 0 Å². The van der Waals surface area contributed by atoms with E-state index in [0.29, 0.717) is 57.1 Å². The summed E-state index contributed by atoms with van der Waals surface area (Å²) in [6.07, 6.45) is 4.65. The predicted octanol–water partition coefficient (Wildman–Crippen LogP) is 4.69. The molecule has 0 radical (unpaired) electrons. The molecular weight excluding hydrogens is 672 g/mol. The van der Waals surface area contributed by atoms with E-state index in [1.807, 2.05) is 18.2 Å². The number of carbonyl (C=O) groups is 4. The van der Waals surface area contributed by atoms with Crippen molar-refractivity contribution in [1.29, 1.82) is 0 Å². The summed E-state index contributed by atoms with van der Waals surface area (Å²) < 4.78 is 34.5. The van der Waals surface area contributed by atoms with Crippen LogP contribution in [0.15, 0.2) is 37.4 Å². The molecule has 2 N–H and O–H groups in total. The van der Waals surface area contributed by atoms with E-state index < -0.39 is 65.9 Å². The van der Waals surface area contributed by atoms with Gasteiger partial charge in [0.05, 0.1) is 12.1 Å². The number of allylic oxidation sites excluding steroid dienone is 1. The van der Waals surface area contributed by atoms with Gasteiger partial charge in [-0.25, -0.2) is 9.59 Å². The summed E-state index contributed by atoms with van der Waals surface area (Å²) in [5.74, 6) is 0.331. The van der Waals surface area contributed by atoms with E-state index in [9.17, 15) is 19.2 Å². The van der Waals surface area contributed by atoms with Crippen LogP contribution in [0.25, 0.3) is 0 Å². The molecule has 6 rings (SSSR count). The van der Waals surface area contributed by atoms with Gasteiger partial charge in [0.2, 0.25) is 11.8 Å². The van der Waals surface area contributed by atoms with Crippen LogP contribution >= 0.6 is 0 Å². The molecule has 284 valence electrons. The number of amides is 4. The summed E-state index contributed by atoms with van der Waals surface area (Å²) in [4.78, 5) is 58.1. The van der Waals surface area contributed by atoms with Crippen LogP contribution in [0.1, 0.15) is 83.8 Å². The minimum Gasteiger partial charge on any atom is -0.486 e. The predicted molar refractivity (Wildman–Crippen MR) is 188 cm³/mol. The Hall–Kier alpha value is -4.30. The molecular formula is C38H52N4O10. The zero-order valence-corrected chi connectivity index (χ0v) is 30.6. The molecule has 5 atom stereocenters. The molecule has 4 aliphatic heterocycles. The number of carbonyl (C=O) groups excluding carboxylic acids is 4. The van der Waals surface area contributed by atoms with Gasteiger partial charge < -0.3 is 44.0 Å². The van der Waals surface area contributed by atoms with Crippen molar-refractivity contribution in [2.24, 2.45) is 5.92 Å². The first kappa shape index (κ1) is 37.5. The average molecular weight is 725 g/mol. The Morgan fingerprint density at radius 2 is 1.71 bits per heavy atom. The first-order valence-electron chi connectivity index (χ1n) is 18.3. The third-order valence-corrected chi connectivity index (χ3v) is 10.1. The van der Waals surface area contributed by atoms with Crippen LogP contribution in [-0.4, -0.2) is 95.5 Å². The van der Waals surface area contributed by atoms with Crippen LogP contribution in [0.3, 0.4) is 0 Å². The largest absolute Gasteiger partial charge is 0.486 e. The monoisotopic (exact) mass is 724 g/mol. The van der Waals surface area contributed by atoms with Gasteiger partial charge in [-0.1, -0.05) is 25.0 Å². The zero-order valence-electron chi connectivity index (χ0n) is 30.6. The van der Waals surface area contributed by atoms with Gasteiger partial charge in [0.25, 0.3) is 0 Å². The SMILES string of the molecule is C=CCCCCC[C@H](NC(=O)OC(C)(C)C)C(=O)N1C[C@H](OC(=O)N2Cc3cc4c(cc3C2)OCCO4)C[C@H]1C(=O)N[C@]1(C2OC(C)O2)C[C@H]1C=C. The van der Waals surface area contributed by atoms with Crippen molar-refractivity contribution >= 4 is 24.0 Å². The summed E-state index contributed by atoms with van der Waals surface area (Å²) in [5.41, 5.74) is 0.274. The Labute approximate surface area is 305 Å². The van der Waals surface area contributed by atoms with Crippen LogP contribution in [0.2, 0.25) is 0 Å². The molecule has 0 unspecified atom stereocenters. The molecule has 4 amide bonds. The fourth-order valence-corrected chi connectivity index (χ4v) is 7.36. The second-order valence-corrected chi connectivity index (χ2v) is 15.2. The third kappa shape index (κ3) is 8.33. The maximum Gasteiger partial charge on any atom is 0.410 e. The number of hydrogen-bond donors (Lipinski definition) is 2. The van der Waals surface area contributed by atoms with Gasteiger partial charge in [-0.2, -0.15) is 0 Å². The molecule has 3 fully saturated rings. The van der Waals surface area contributed by atoms with Crippen LogP contribution < -0.4 is 20.1 Å². The summed E-state index contributed by atoms with van der Waals surface area (Å²) >= 11 is 0. The zero-order chi connectivity index (χ0) is 37.2. The van der Waals surface area contributed by atoms with E-state index in [0.717, 1.165) is 30.4 Å². The number of unbranched alkanes of at least 4 members (excludes halogenated alkanes) is 3. The first-order chi connectivity index (χ1) is 24.8. The highest BCUT2D eigenvalue weighted by Crippen LogP contribution is 2.51. The molecule has 5 aliphatic rings. The number of hydrogen-bond acceptors (Lipinski definition) is 10. The summed E-state index contributed by atoms with van der Waals surface area (Å²) in [5, 5.41) is 5.87. The number of ether oxygens (including phenoxy) is 6. The van der Waals surface area contributed by atoms with E-state index in [-0.39, 0.29) is 18.9 Å². The van der Waals surface area contributed by atoms with Crippen molar-refractivity contribution in [2.75, 3.05) is 19.8 Å². The Kier molecular flexibility index (Phi) is 11.1. The molecule has 1 saturated carbocycles. The molecule has 0 bridgehead atoms. The Bertz CT molecular complexity index is 1520. The van der Waals surface area contributed by atoms with E-state index in [4.69, 9.17) is 28.4 Å². The Balaban J connectivity index is 1.18. The van der Waals surface area contributed by atoms with Crippen molar-refractivity contribution < 1.29 is 47.6 Å². The fraction of sp³-hybridized carbons (Fsp3) is 0.632. The molecule has 1 aliphatic carbocycles. The van der Waals surface area contributed by atoms with Gasteiger partial charge in [0, 0.05) is 25.4 Å². The molecule has 4 heterocycles. The Morgan fingerprint density at radius 1 is 1.04 bits per heavy atom. The number of nitrogens with one attached hydrogen (secondary N) is 2. The van der Waals surface area contributed by atoms with Crippen LogP contribution in [-0.2, 0) is 41.6 Å². The third-order valence-electron chi connectivity index (χ3n) is 10.1. The first-order valence-corrected chi connectivity index (χ1v) is 18.3. The van der Waals surface area contributed by atoms with Crippen molar-refractivity contribution in [3.8, 4) is 11.5 Å². The molecule has 2 saturated heterocycles. The smallest absolute Gasteiger partial charge is 0.410 e. The summed E-state index contributed by atoms with van der Waals surface area (Å²) in [7, 11) is 0. The maximum atomic E-state index is 14.4. The molecule has 0 aromatic heterocycles. The highest BCUT2D eigenvalue weighted by atomic mass is 16.9. The average Bonchev–Trinajstić information content (AvgIpc) is 3.37. The summed E-state index contributed by atoms with van der Waals surface area (Å²) in [6.45, 7) is 16.2. The number of alkyl carbamates (subject to hydrolysis) is 1. The molecule has 0 spiro atoms. The highest BCUT2D eigenvalue weighted by molar-refractivity contribution is 5.92. The van der Waals surface area contributed by atoms with Crippen LogP contribution in [0.4, 0.5) is 9.59 Å². The van der Waals surface area contributed by atoms with Crippen LogP contribution in [0, 0.1) is 5.92 Å². The Morgan fingerprint density at radius 3 is 2.29 bits per heavy atom. The fourth-order valence-electron chi connectivity index (χ4n) is 7.36. The molecule has 1 aromatic rings. The van der Waals surface area contributed by atoms with Crippen molar-refractivity contribution in [1.82, 2.24) is 20.4 Å². The lowest BCUT2D eigenvalue weighted by Gasteiger charge is -2.41. The molecule has 1 aromatic carbocycles. The second-order valence-electron chi connectivity index (χ2n) is 15.2. The topological polar surface area (TPSA) is 154 Å². The molecule has 52 heavy (non-hydrogen) atoms. The quantitative estimate of drug-likeness (QED) is 0.216. The minimum absolute atomic E-state index is 0.0340. The lowest BCUT2D eigenvalue weighted by atomic mass is 10.0. The second kappa shape index (κ2) is 15.4. The lowest BCUT2D eigenvalue weighted by molar-refractivity contribution is -0.388. The molecule has 14 heteroatoms. The summed E-state index contributed by atoms with van der Waals surface area (Å²) in [6, 6.07) is 1.82. The van der Waals surface area contributed by atoms with E-state index in [1.54, 1.807) is 38.7 Å². The normalized spacial score (nSPS) is 27.8. The standard InChI is InChI=1S/C38H52N4O10/c1-7-9-10-11-12-13-28(39-35(45)52-37(4,5)6)33(44)42-22-27(18-29(42)32(43)40-38(19-26(38)8-2)34-49-23(3)50-34)51-36(46)41-20-24-16-30-31(17-25(24)21-41)48-15-14-47-30/h7-8,16-17,23,26-29,34H,1-2,9-15,18-22H2,3-6H3,(H,39,45)(H,40,43)/t23?,26-,27-,28+,29+,34?,38-/m1/s1.